The summed E-state index contributed by atoms with van der Waals surface area (Å²) in [6.45, 7) is 5.95. The predicted octanol–water partition coefficient (Wildman–Crippen LogP) is 6.72. The lowest BCUT2D eigenvalue weighted by Crippen LogP contribution is -2.11. The third kappa shape index (κ3) is 2.86. The van der Waals surface area contributed by atoms with Gasteiger partial charge in [0, 0.05) is 33.9 Å². The summed E-state index contributed by atoms with van der Waals surface area (Å²) in [6.07, 6.45) is 0.554. The summed E-state index contributed by atoms with van der Waals surface area (Å²) in [7, 11) is 0. The zero-order chi connectivity index (χ0) is 20.8. The number of rotatable bonds is 3. The number of aryl methyl sites for hydroxylation is 3. The number of furan rings is 1. The van der Waals surface area contributed by atoms with Crippen molar-refractivity contribution >= 4 is 21.9 Å². The van der Waals surface area contributed by atoms with E-state index in [-0.39, 0.29) is 5.63 Å². The lowest BCUT2D eigenvalue weighted by Gasteiger charge is -2.10. The van der Waals surface area contributed by atoms with Crippen LogP contribution in [-0.2, 0) is 6.42 Å². The largest absolute Gasteiger partial charge is 0.460 e. The van der Waals surface area contributed by atoms with E-state index in [1.807, 2.05) is 69.3 Å². The van der Waals surface area contributed by atoms with Crippen molar-refractivity contribution in [2.24, 2.45) is 0 Å². The molecule has 3 aromatic carbocycles. The molecular weight excluding hydrogens is 372 g/mol. The van der Waals surface area contributed by atoms with Crippen LogP contribution in [0.2, 0.25) is 0 Å². The van der Waals surface area contributed by atoms with E-state index in [0.29, 0.717) is 17.6 Å². The van der Waals surface area contributed by atoms with E-state index in [0.717, 1.165) is 49.9 Å². The summed E-state index contributed by atoms with van der Waals surface area (Å²) in [5.74, 6) is 0.860. The Morgan fingerprint density at radius 1 is 0.733 bits per heavy atom. The van der Waals surface area contributed by atoms with Gasteiger partial charge in [0.05, 0.1) is 0 Å². The topological polar surface area (TPSA) is 43.4 Å². The second-order valence-corrected chi connectivity index (χ2v) is 7.81. The van der Waals surface area contributed by atoms with Gasteiger partial charge < -0.3 is 8.83 Å². The van der Waals surface area contributed by atoms with Gasteiger partial charge in [0.15, 0.2) is 0 Å². The summed E-state index contributed by atoms with van der Waals surface area (Å²) in [5, 5.41) is 2.01. The zero-order valence-corrected chi connectivity index (χ0v) is 17.3. The fraction of sp³-hybridized carbons (Fsp3) is 0.148. The molecule has 3 nitrogen and oxygen atoms in total. The molecule has 0 radical (unpaired) electrons. The molecule has 0 amide bonds. The minimum Gasteiger partial charge on any atom is -0.460 e. The van der Waals surface area contributed by atoms with Crippen molar-refractivity contribution in [2.75, 3.05) is 0 Å². The van der Waals surface area contributed by atoms with Crippen molar-refractivity contribution in [3.05, 3.63) is 105 Å². The van der Waals surface area contributed by atoms with Crippen LogP contribution in [-0.4, -0.2) is 0 Å². The average molecular weight is 394 g/mol. The molecule has 0 spiro atoms. The lowest BCUT2D eigenvalue weighted by atomic mass is 9.95. The summed E-state index contributed by atoms with van der Waals surface area (Å²) in [4.78, 5) is 12.8. The average Bonchev–Trinajstić information content (AvgIpc) is 3.10. The first kappa shape index (κ1) is 18.4. The molecule has 0 unspecified atom stereocenters. The Balaban J connectivity index is 1.80. The van der Waals surface area contributed by atoms with E-state index >= 15 is 0 Å². The molecule has 0 saturated heterocycles. The molecule has 0 aliphatic rings. The van der Waals surface area contributed by atoms with Gasteiger partial charge in [0.25, 0.3) is 0 Å². The van der Waals surface area contributed by atoms with E-state index in [4.69, 9.17) is 8.83 Å². The van der Waals surface area contributed by atoms with Crippen LogP contribution in [0, 0.1) is 20.8 Å². The summed E-state index contributed by atoms with van der Waals surface area (Å²) in [6, 6.07) is 22.4. The van der Waals surface area contributed by atoms with Gasteiger partial charge in [-0.1, -0.05) is 60.7 Å². The Kier molecular flexibility index (Phi) is 4.32. The van der Waals surface area contributed by atoms with Crippen molar-refractivity contribution in [3.63, 3.8) is 0 Å². The molecule has 2 aromatic heterocycles. The van der Waals surface area contributed by atoms with Crippen LogP contribution in [0.1, 0.15) is 28.0 Å². The Morgan fingerprint density at radius 3 is 2.07 bits per heavy atom. The fourth-order valence-corrected chi connectivity index (χ4v) is 4.34. The van der Waals surface area contributed by atoms with Gasteiger partial charge in [-0.2, -0.15) is 0 Å². The van der Waals surface area contributed by atoms with Gasteiger partial charge >= 0.3 is 5.63 Å². The molecule has 148 valence electrons. The van der Waals surface area contributed by atoms with Crippen molar-refractivity contribution in [2.45, 2.75) is 27.2 Å². The normalized spacial score (nSPS) is 11.4. The molecular formula is C27H22O3. The van der Waals surface area contributed by atoms with Crippen LogP contribution in [0.25, 0.3) is 33.1 Å². The monoisotopic (exact) mass is 394 g/mol. The van der Waals surface area contributed by atoms with Crippen molar-refractivity contribution in [1.29, 1.82) is 0 Å². The second kappa shape index (κ2) is 7.03. The highest BCUT2D eigenvalue weighted by Gasteiger charge is 2.20. The van der Waals surface area contributed by atoms with Gasteiger partial charge in [-0.25, -0.2) is 4.79 Å². The van der Waals surface area contributed by atoms with Crippen LogP contribution in [0.3, 0.4) is 0 Å². The number of fused-ring (bicyclic) bond motifs is 2. The van der Waals surface area contributed by atoms with Gasteiger partial charge in [0.2, 0.25) is 0 Å². The van der Waals surface area contributed by atoms with Crippen LogP contribution in [0.5, 0.6) is 0 Å². The first-order valence-electron chi connectivity index (χ1n) is 10.1. The summed E-state index contributed by atoms with van der Waals surface area (Å²) >= 11 is 0. The maximum absolute atomic E-state index is 12.8. The van der Waals surface area contributed by atoms with Crippen LogP contribution in [0.4, 0.5) is 0 Å². The maximum atomic E-state index is 12.8. The molecule has 0 saturated carbocycles. The minimum absolute atomic E-state index is 0.280. The molecule has 30 heavy (non-hydrogen) atoms. The molecule has 0 bridgehead atoms. The van der Waals surface area contributed by atoms with E-state index in [9.17, 15) is 4.79 Å². The van der Waals surface area contributed by atoms with Gasteiger partial charge in [0.1, 0.15) is 16.9 Å². The second-order valence-electron chi connectivity index (χ2n) is 7.81. The first-order valence-corrected chi connectivity index (χ1v) is 10.1. The van der Waals surface area contributed by atoms with Crippen LogP contribution in [0.15, 0.2) is 80.4 Å². The molecule has 3 heteroatoms. The molecule has 0 atom stereocenters. The van der Waals surface area contributed by atoms with Crippen LogP contribution >= 0.6 is 0 Å². The standard InChI is InChI=1S/C27H22O3/c1-16-21-15-23-24(20-12-8-5-9-13-20)18(3)29-26(23)17(2)25(21)30-27(28)22(16)14-19-10-6-4-7-11-19/h4-13,15H,14H2,1-3H3. The number of hydrogen-bond donors (Lipinski definition) is 0. The Labute approximate surface area is 174 Å². The first-order chi connectivity index (χ1) is 14.5. The highest BCUT2D eigenvalue weighted by atomic mass is 16.4. The SMILES string of the molecule is Cc1oc2c(C)c3oc(=O)c(Cc4ccccc4)c(C)c3cc2c1-c1ccccc1. The lowest BCUT2D eigenvalue weighted by molar-refractivity contribution is 0.544. The molecule has 5 aromatic rings. The van der Waals surface area contributed by atoms with Gasteiger partial charge in [-0.3, -0.25) is 0 Å². The molecule has 0 aliphatic carbocycles. The smallest absolute Gasteiger partial charge is 0.340 e. The van der Waals surface area contributed by atoms with Gasteiger partial charge in [-0.05, 0) is 43.5 Å². The summed E-state index contributed by atoms with van der Waals surface area (Å²) in [5.41, 5.74) is 6.93. The maximum Gasteiger partial charge on any atom is 0.340 e. The summed E-state index contributed by atoms with van der Waals surface area (Å²) < 4.78 is 12.0. The van der Waals surface area contributed by atoms with Crippen LogP contribution < -0.4 is 5.63 Å². The Hall–Kier alpha value is -3.59. The van der Waals surface area contributed by atoms with E-state index in [1.165, 1.54) is 0 Å². The third-order valence-corrected chi connectivity index (χ3v) is 5.92. The van der Waals surface area contributed by atoms with E-state index < -0.39 is 0 Å². The molecule has 0 aliphatic heterocycles. The fourth-order valence-electron chi connectivity index (χ4n) is 4.34. The zero-order valence-electron chi connectivity index (χ0n) is 17.3. The highest BCUT2D eigenvalue weighted by molar-refractivity contribution is 6.05. The molecule has 0 fully saturated rings. The third-order valence-electron chi connectivity index (χ3n) is 5.92. The number of hydrogen-bond acceptors (Lipinski definition) is 3. The van der Waals surface area contributed by atoms with Gasteiger partial charge in [-0.15, -0.1) is 0 Å². The van der Waals surface area contributed by atoms with Crippen molar-refractivity contribution in [3.8, 4) is 11.1 Å². The predicted molar refractivity (Wildman–Crippen MR) is 121 cm³/mol. The van der Waals surface area contributed by atoms with E-state index in [2.05, 4.69) is 18.2 Å². The Bertz CT molecular complexity index is 1440. The molecule has 0 N–H and O–H groups in total. The number of benzene rings is 3. The van der Waals surface area contributed by atoms with E-state index in [1.54, 1.807) is 0 Å². The Morgan fingerprint density at radius 2 is 1.37 bits per heavy atom. The minimum atomic E-state index is -0.280. The van der Waals surface area contributed by atoms with Crippen molar-refractivity contribution < 1.29 is 8.83 Å². The molecule has 5 rings (SSSR count). The quantitative estimate of drug-likeness (QED) is 0.319. The highest BCUT2D eigenvalue weighted by Crippen LogP contribution is 2.39. The van der Waals surface area contributed by atoms with Crippen molar-refractivity contribution in [1.82, 2.24) is 0 Å². The molecule has 2 heterocycles.